The summed E-state index contributed by atoms with van der Waals surface area (Å²) in [7, 11) is 0. The Morgan fingerprint density at radius 3 is 2.32 bits per heavy atom. The van der Waals surface area contributed by atoms with Crippen LogP contribution in [0.25, 0.3) is 22.1 Å². The number of benzene rings is 1. The van der Waals surface area contributed by atoms with E-state index in [1.165, 1.54) is 5.56 Å². The van der Waals surface area contributed by atoms with Crippen molar-refractivity contribution in [3.8, 4) is 0 Å². The first kappa shape index (κ1) is 35.8. The lowest BCUT2D eigenvalue weighted by Gasteiger charge is -2.34. The normalized spacial score (nSPS) is 14.4. The van der Waals surface area contributed by atoms with E-state index in [9.17, 15) is 0 Å². The van der Waals surface area contributed by atoms with Crippen LogP contribution >= 0.6 is 37.2 Å². The molecule has 212 valence electrons. The maximum absolute atomic E-state index is 6.30. The molecule has 0 aliphatic carbocycles. The minimum absolute atomic E-state index is 0. The van der Waals surface area contributed by atoms with E-state index in [-0.39, 0.29) is 54.2 Å². The fourth-order valence-electron chi connectivity index (χ4n) is 4.65. The van der Waals surface area contributed by atoms with Gasteiger partial charge in [0.2, 0.25) is 5.95 Å². The van der Waals surface area contributed by atoms with Crippen LogP contribution in [0.4, 0.5) is 5.95 Å². The van der Waals surface area contributed by atoms with Crippen LogP contribution in [-0.4, -0.2) is 67.1 Å². The van der Waals surface area contributed by atoms with Crippen molar-refractivity contribution < 1.29 is 11.0 Å². The summed E-state index contributed by atoms with van der Waals surface area (Å²) in [5, 5.41) is 4.89. The molecule has 5 rings (SSSR count). The second-order valence-corrected chi connectivity index (χ2v) is 9.49. The number of halogens is 3. The summed E-state index contributed by atoms with van der Waals surface area (Å²) in [6, 6.07) is 15.1. The number of imidazole rings is 1. The zero-order chi connectivity index (χ0) is 22.8. The molecular weight excluding hydrogens is 549 g/mol. The van der Waals surface area contributed by atoms with Crippen molar-refractivity contribution in [3.63, 3.8) is 0 Å². The van der Waals surface area contributed by atoms with E-state index >= 15 is 0 Å². The Kier molecular flexibility index (Phi) is 15.1. The number of para-hydroxylation sites is 1. The van der Waals surface area contributed by atoms with Crippen LogP contribution in [0.5, 0.6) is 0 Å². The number of anilines is 1. The number of hydrogen-bond acceptors (Lipinski definition) is 6. The van der Waals surface area contributed by atoms with Crippen LogP contribution in [0.15, 0.2) is 54.9 Å². The standard InChI is InChI=1S/C26H33N7.3ClH.2H2O/c1-18(2)22(27)17-32-14-10-21(11-15-32)30-26-31-25-23(9-5-13-29-25)33(26)16-20-7-3-6-19-8-4-12-28-24(19)20;;;;;/h3-9,12-13,18,21-22H,10-11,14-17,27H2,1-2H3,(H,29,30,31);3*1H;2*1H2. The molecule has 9 nitrogen and oxygen atoms in total. The molecule has 3 aromatic heterocycles. The number of pyridine rings is 2. The molecule has 1 unspecified atom stereocenters. The Bertz CT molecular complexity index is 1240. The number of likely N-dealkylation sites (tertiary alicyclic amines) is 1. The van der Waals surface area contributed by atoms with Crippen LogP contribution in [0.3, 0.4) is 0 Å². The SMILES string of the molecule is CC(C)C(N)CN1CCC(Nc2nc3ncccc3n2Cc2cccc3cccnc23)CC1.Cl.Cl.Cl.O.O. The molecule has 1 atom stereocenters. The zero-order valence-electron chi connectivity index (χ0n) is 21.7. The molecule has 12 heteroatoms. The Labute approximate surface area is 242 Å². The van der Waals surface area contributed by atoms with E-state index in [2.05, 4.69) is 68.9 Å². The molecular formula is C26H40Cl3N7O2. The van der Waals surface area contributed by atoms with Gasteiger partial charge in [0.1, 0.15) is 0 Å². The topological polar surface area (TPSA) is 148 Å². The highest BCUT2D eigenvalue weighted by molar-refractivity contribution is 5.86. The van der Waals surface area contributed by atoms with Crippen molar-refractivity contribution in [3.05, 3.63) is 60.4 Å². The summed E-state index contributed by atoms with van der Waals surface area (Å²) in [4.78, 5) is 16.5. The maximum atomic E-state index is 6.30. The van der Waals surface area contributed by atoms with Gasteiger partial charge < -0.3 is 31.5 Å². The third kappa shape index (κ3) is 7.89. The zero-order valence-corrected chi connectivity index (χ0v) is 24.2. The first-order valence-corrected chi connectivity index (χ1v) is 12.0. The van der Waals surface area contributed by atoms with E-state index in [1.807, 2.05) is 18.3 Å². The molecule has 1 saturated heterocycles. The summed E-state index contributed by atoms with van der Waals surface area (Å²) in [5.74, 6) is 1.39. The number of nitrogens with two attached hydrogens (primary N) is 1. The van der Waals surface area contributed by atoms with E-state index in [1.54, 1.807) is 6.20 Å². The smallest absolute Gasteiger partial charge is 0.205 e. The van der Waals surface area contributed by atoms with Crippen molar-refractivity contribution in [1.82, 2.24) is 24.4 Å². The van der Waals surface area contributed by atoms with Gasteiger partial charge in [0.25, 0.3) is 0 Å². The summed E-state index contributed by atoms with van der Waals surface area (Å²) in [6.07, 6.45) is 5.82. The van der Waals surface area contributed by atoms with E-state index in [0.717, 1.165) is 60.5 Å². The van der Waals surface area contributed by atoms with Crippen molar-refractivity contribution in [2.24, 2.45) is 11.7 Å². The molecule has 0 bridgehead atoms. The van der Waals surface area contributed by atoms with Crippen molar-refractivity contribution in [2.45, 2.75) is 45.3 Å². The van der Waals surface area contributed by atoms with Crippen LogP contribution in [0.1, 0.15) is 32.3 Å². The summed E-state index contributed by atoms with van der Waals surface area (Å²) in [6.45, 7) is 8.18. The summed E-state index contributed by atoms with van der Waals surface area (Å²) in [5.41, 5.74) is 10.3. The van der Waals surface area contributed by atoms with Crippen LogP contribution in [-0.2, 0) is 6.54 Å². The van der Waals surface area contributed by atoms with E-state index in [0.29, 0.717) is 18.5 Å². The second-order valence-electron chi connectivity index (χ2n) is 9.49. The maximum Gasteiger partial charge on any atom is 0.205 e. The van der Waals surface area contributed by atoms with E-state index < -0.39 is 0 Å². The van der Waals surface area contributed by atoms with Gasteiger partial charge in [-0.3, -0.25) is 4.98 Å². The number of nitrogens with zero attached hydrogens (tertiary/aromatic N) is 5. The van der Waals surface area contributed by atoms with Gasteiger partial charge in [-0.05, 0) is 42.5 Å². The van der Waals surface area contributed by atoms with Crippen molar-refractivity contribution in [2.75, 3.05) is 25.0 Å². The van der Waals surface area contributed by atoms with Crippen LogP contribution in [0, 0.1) is 5.92 Å². The molecule has 0 radical (unpaired) electrons. The van der Waals surface area contributed by atoms with Gasteiger partial charge in [-0.2, -0.15) is 4.98 Å². The van der Waals surface area contributed by atoms with Crippen LogP contribution < -0.4 is 11.1 Å². The van der Waals surface area contributed by atoms with E-state index in [4.69, 9.17) is 10.7 Å². The Hall–Kier alpha value is -2.24. The van der Waals surface area contributed by atoms with Crippen LogP contribution in [0.2, 0.25) is 0 Å². The number of rotatable bonds is 7. The lowest BCUT2D eigenvalue weighted by Crippen LogP contribution is -2.46. The molecule has 1 aromatic carbocycles. The molecule has 1 aliphatic rings. The molecule has 0 saturated carbocycles. The fraction of sp³-hybridized carbons (Fsp3) is 0.423. The van der Waals surface area contributed by atoms with Crippen molar-refractivity contribution >= 4 is 65.2 Å². The molecule has 7 N–H and O–H groups in total. The molecule has 1 aliphatic heterocycles. The molecule has 4 heterocycles. The molecule has 0 spiro atoms. The van der Waals surface area contributed by atoms with Gasteiger partial charge in [-0.15, -0.1) is 37.2 Å². The van der Waals surface area contributed by atoms with Gasteiger partial charge >= 0.3 is 0 Å². The number of hydrogen-bond donors (Lipinski definition) is 2. The van der Waals surface area contributed by atoms with Crippen molar-refractivity contribution in [1.29, 1.82) is 0 Å². The molecule has 1 fully saturated rings. The number of fused-ring (bicyclic) bond motifs is 2. The predicted octanol–water partition coefficient (Wildman–Crippen LogP) is 3.50. The lowest BCUT2D eigenvalue weighted by molar-refractivity contribution is 0.194. The fourth-order valence-corrected chi connectivity index (χ4v) is 4.65. The third-order valence-electron chi connectivity index (χ3n) is 6.82. The monoisotopic (exact) mass is 587 g/mol. The Morgan fingerprint density at radius 2 is 1.61 bits per heavy atom. The Morgan fingerprint density at radius 1 is 0.947 bits per heavy atom. The summed E-state index contributed by atoms with van der Waals surface area (Å²) < 4.78 is 2.24. The quantitative estimate of drug-likeness (QED) is 0.338. The summed E-state index contributed by atoms with van der Waals surface area (Å²) >= 11 is 0. The Balaban J connectivity index is 0.00000274. The third-order valence-corrected chi connectivity index (χ3v) is 6.82. The van der Waals surface area contributed by atoms with Gasteiger partial charge in [0, 0.05) is 49.5 Å². The van der Waals surface area contributed by atoms with Gasteiger partial charge in [-0.1, -0.05) is 38.1 Å². The first-order valence-electron chi connectivity index (χ1n) is 12.0. The second kappa shape index (κ2) is 16.0. The number of piperidine rings is 1. The molecule has 38 heavy (non-hydrogen) atoms. The minimum Gasteiger partial charge on any atom is -0.412 e. The highest BCUT2D eigenvalue weighted by atomic mass is 35.5. The van der Waals surface area contributed by atoms with Gasteiger partial charge in [0.05, 0.1) is 17.6 Å². The minimum atomic E-state index is 0. The highest BCUT2D eigenvalue weighted by Crippen LogP contribution is 2.25. The first-order chi connectivity index (χ1) is 16.1. The largest absolute Gasteiger partial charge is 0.412 e. The number of aromatic nitrogens is 4. The van der Waals surface area contributed by atoms with Gasteiger partial charge in [-0.25, -0.2) is 4.98 Å². The molecule has 4 aromatic rings. The van der Waals surface area contributed by atoms with Gasteiger partial charge in [0.15, 0.2) is 5.65 Å². The number of nitrogens with one attached hydrogen (secondary N) is 1. The average molecular weight is 589 g/mol. The predicted molar refractivity (Wildman–Crippen MR) is 163 cm³/mol. The average Bonchev–Trinajstić information content (AvgIpc) is 3.17. The lowest BCUT2D eigenvalue weighted by atomic mass is 10.0. The highest BCUT2D eigenvalue weighted by Gasteiger charge is 2.23. The molecule has 0 amide bonds.